The lowest BCUT2D eigenvalue weighted by atomic mass is 10.2. The predicted molar refractivity (Wildman–Crippen MR) is 91.0 cm³/mol. The number of aromatic amines is 1. The van der Waals surface area contributed by atoms with Gasteiger partial charge in [-0.05, 0) is 13.0 Å². The van der Waals surface area contributed by atoms with Crippen molar-refractivity contribution in [3.63, 3.8) is 0 Å². The van der Waals surface area contributed by atoms with Crippen LogP contribution in [0.1, 0.15) is 16.1 Å². The van der Waals surface area contributed by atoms with Crippen LogP contribution in [0.2, 0.25) is 5.15 Å². The highest BCUT2D eigenvalue weighted by molar-refractivity contribution is 6.30. The molecule has 0 spiro atoms. The van der Waals surface area contributed by atoms with Crippen molar-refractivity contribution >= 4 is 45.4 Å². The third kappa shape index (κ3) is 2.52. The molecular weight excluding hydrogens is 346 g/mol. The van der Waals surface area contributed by atoms with Crippen molar-refractivity contribution in [3.05, 3.63) is 34.7 Å². The van der Waals surface area contributed by atoms with E-state index in [4.69, 9.17) is 11.6 Å². The number of aryl methyl sites for hydroxylation is 2. The molecule has 0 aliphatic heterocycles. The molecule has 0 saturated carbocycles. The smallest absolute Gasteiger partial charge is 0.272 e. The Morgan fingerprint density at radius 1 is 1.36 bits per heavy atom. The molecule has 1 amide bonds. The fraction of sp³-hybridized carbons (Fsp3) is 0.143. The third-order valence-electron chi connectivity index (χ3n) is 3.72. The first kappa shape index (κ1) is 15.3. The highest BCUT2D eigenvalue weighted by atomic mass is 35.5. The Morgan fingerprint density at radius 2 is 2.20 bits per heavy atom. The van der Waals surface area contributed by atoms with Gasteiger partial charge in [-0.15, -0.1) is 5.10 Å². The van der Waals surface area contributed by atoms with Crippen molar-refractivity contribution < 1.29 is 4.79 Å². The van der Waals surface area contributed by atoms with Gasteiger partial charge in [-0.3, -0.25) is 20.3 Å². The molecule has 0 radical (unpaired) electrons. The van der Waals surface area contributed by atoms with Crippen molar-refractivity contribution in [2.75, 3.05) is 5.43 Å². The normalized spacial score (nSPS) is 11.2. The number of pyridine rings is 2. The molecule has 0 unspecified atom stereocenters. The maximum Gasteiger partial charge on any atom is 0.272 e. The second-order valence-electron chi connectivity index (χ2n) is 5.33. The zero-order chi connectivity index (χ0) is 17.6. The van der Waals surface area contributed by atoms with E-state index in [-0.39, 0.29) is 11.1 Å². The number of fused-ring (bicyclic) bond motifs is 2. The number of rotatable bonds is 3. The highest BCUT2D eigenvalue weighted by Crippen LogP contribution is 2.27. The summed E-state index contributed by atoms with van der Waals surface area (Å²) in [5.41, 5.74) is 8.58. The minimum absolute atomic E-state index is 0.287. The van der Waals surface area contributed by atoms with Gasteiger partial charge in [0.15, 0.2) is 5.65 Å². The van der Waals surface area contributed by atoms with Gasteiger partial charge in [0.25, 0.3) is 5.91 Å². The van der Waals surface area contributed by atoms with Crippen LogP contribution < -0.4 is 10.9 Å². The SMILES string of the molecule is Cc1nn(C)c2nc(Cl)cc(NNC(=O)c3ccnc4n[nH]nc34)c12. The Labute approximate surface area is 145 Å². The van der Waals surface area contributed by atoms with Gasteiger partial charge in [-0.1, -0.05) is 11.6 Å². The zero-order valence-electron chi connectivity index (χ0n) is 13.2. The van der Waals surface area contributed by atoms with Gasteiger partial charge >= 0.3 is 0 Å². The quantitative estimate of drug-likeness (QED) is 0.373. The summed E-state index contributed by atoms with van der Waals surface area (Å²) in [5.74, 6) is -0.385. The minimum atomic E-state index is -0.385. The average Bonchev–Trinajstić information content (AvgIpc) is 3.17. The lowest BCUT2D eigenvalue weighted by molar-refractivity contribution is 0.0964. The first-order valence-corrected chi connectivity index (χ1v) is 7.64. The monoisotopic (exact) mass is 357 g/mol. The fourth-order valence-electron chi connectivity index (χ4n) is 2.64. The molecule has 4 rings (SSSR count). The second kappa shape index (κ2) is 5.67. The standard InChI is InChI=1S/C14H12ClN9O/c1-6-10-8(5-9(15)17-13(10)24(2)22-6)18-21-14(25)7-3-4-16-12-11(7)19-23-20-12/h3-5H,1-2H3,(H,17,18)(H,21,25)(H,16,19,20,23). The number of aromatic nitrogens is 7. The van der Waals surface area contributed by atoms with E-state index in [9.17, 15) is 4.79 Å². The Morgan fingerprint density at radius 3 is 3.04 bits per heavy atom. The number of H-pyrrole nitrogens is 1. The number of hydrazine groups is 1. The third-order valence-corrected chi connectivity index (χ3v) is 3.91. The van der Waals surface area contributed by atoms with Crippen molar-refractivity contribution in [2.45, 2.75) is 6.92 Å². The van der Waals surface area contributed by atoms with E-state index in [1.54, 1.807) is 23.9 Å². The summed E-state index contributed by atoms with van der Waals surface area (Å²) in [4.78, 5) is 20.8. The van der Waals surface area contributed by atoms with Crippen LogP contribution in [0.5, 0.6) is 0 Å². The molecule has 4 aromatic heterocycles. The first-order chi connectivity index (χ1) is 12.0. The van der Waals surface area contributed by atoms with Crippen LogP contribution in [0.25, 0.3) is 22.2 Å². The number of hydrogen-bond acceptors (Lipinski definition) is 7. The van der Waals surface area contributed by atoms with Gasteiger partial charge in [0.1, 0.15) is 10.7 Å². The summed E-state index contributed by atoms with van der Waals surface area (Å²) in [7, 11) is 1.78. The Bertz CT molecular complexity index is 1120. The van der Waals surface area contributed by atoms with Crippen LogP contribution in [0.15, 0.2) is 18.3 Å². The van der Waals surface area contributed by atoms with E-state index in [0.29, 0.717) is 28.1 Å². The van der Waals surface area contributed by atoms with Gasteiger partial charge in [0, 0.05) is 19.3 Å². The van der Waals surface area contributed by atoms with Gasteiger partial charge in [-0.25, -0.2) is 9.97 Å². The van der Waals surface area contributed by atoms with Gasteiger partial charge in [0.2, 0.25) is 5.65 Å². The van der Waals surface area contributed by atoms with E-state index >= 15 is 0 Å². The maximum absolute atomic E-state index is 12.5. The number of carbonyl (C=O) groups is 1. The van der Waals surface area contributed by atoms with E-state index in [2.05, 4.69) is 41.3 Å². The molecule has 126 valence electrons. The average molecular weight is 358 g/mol. The summed E-state index contributed by atoms with van der Waals surface area (Å²) in [6.07, 6.45) is 1.49. The van der Waals surface area contributed by atoms with E-state index in [1.165, 1.54) is 6.20 Å². The molecule has 0 aliphatic rings. The summed E-state index contributed by atoms with van der Waals surface area (Å²) in [6.45, 7) is 1.85. The number of carbonyl (C=O) groups excluding carboxylic acids is 1. The minimum Gasteiger partial charge on any atom is -0.297 e. The second-order valence-corrected chi connectivity index (χ2v) is 5.72. The van der Waals surface area contributed by atoms with Crippen LogP contribution in [-0.2, 0) is 7.05 Å². The van der Waals surface area contributed by atoms with E-state index in [1.807, 2.05) is 6.92 Å². The topological polar surface area (TPSA) is 126 Å². The molecule has 0 fully saturated rings. The van der Waals surface area contributed by atoms with Crippen molar-refractivity contribution in [1.29, 1.82) is 0 Å². The molecule has 4 aromatic rings. The number of anilines is 1. The van der Waals surface area contributed by atoms with Crippen LogP contribution in [0.4, 0.5) is 5.69 Å². The number of amides is 1. The van der Waals surface area contributed by atoms with E-state index in [0.717, 1.165) is 11.1 Å². The highest BCUT2D eigenvalue weighted by Gasteiger charge is 2.16. The maximum atomic E-state index is 12.5. The van der Waals surface area contributed by atoms with Crippen LogP contribution in [0, 0.1) is 6.92 Å². The molecular formula is C14H12ClN9O. The summed E-state index contributed by atoms with van der Waals surface area (Å²) >= 11 is 6.07. The molecule has 0 saturated heterocycles. The summed E-state index contributed by atoms with van der Waals surface area (Å²) < 4.78 is 1.63. The lowest BCUT2D eigenvalue weighted by Crippen LogP contribution is -2.29. The Hall–Kier alpha value is -3.27. The molecule has 0 aromatic carbocycles. The largest absolute Gasteiger partial charge is 0.297 e. The molecule has 3 N–H and O–H groups in total. The predicted octanol–water partition coefficient (Wildman–Crippen LogP) is 1.35. The van der Waals surface area contributed by atoms with Crippen molar-refractivity contribution in [1.82, 2.24) is 40.6 Å². The summed E-state index contributed by atoms with van der Waals surface area (Å²) in [6, 6.07) is 3.18. The molecule has 4 heterocycles. The van der Waals surface area contributed by atoms with Crippen LogP contribution in [-0.4, -0.2) is 41.1 Å². The van der Waals surface area contributed by atoms with E-state index < -0.39 is 0 Å². The molecule has 10 nitrogen and oxygen atoms in total. The number of hydrogen-bond donors (Lipinski definition) is 3. The fourth-order valence-corrected chi connectivity index (χ4v) is 2.83. The Kier molecular flexibility index (Phi) is 3.46. The number of halogens is 1. The number of nitrogens with zero attached hydrogens (tertiary/aromatic N) is 6. The van der Waals surface area contributed by atoms with Gasteiger partial charge < -0.3 is 0 Å². The molecule has 0 bridgehead atoms. The molecule has 0 aliphatic carbocycles. The van der Waals surface area contributed by atoms with Crippen molar-refractivity contribution in [2.24, 2.45) is 7.05 Å². The van der Waals surface area contributed by atoms with Gasteiger partial charge in [0.05, 0.1) is 22.3 Å². The van der Waals surface area contributed by atoms with Crippen LogP contribution in [0.3, 0.4) is 0 Å². The Balaban J connectivity index is 1.66. The first-order valence-electron chi connectivity index (χ1n) is 7.26. The van der Waals surface area contributed by atoms with Crippen molar-refractivity contribution in [3.8, 4) is 0 Å². The molecule has 25 heavy (non-hydrogen) atoms. The summed E-state index contributed by atoms with van der Waals surface area (Å²) in [5, 5.41) is 15.6. The zero-order valence-corrected chi connectivity index (χ0v) is 14.0. The lowest BCUT2D eigenvalue weighted by Gasteiger charge is -2.10. The molecule has 11 heteroatoms. The molecule has 0 atom stereocenters. The van der Waals surface area contributed by atoms with Gasteiger partial charge in [-0.2, -0.15) is 15.4 Å². The van der Waals surface area contributed by atoms with Crippen LogP contribution >= 0.6 is 11.6 Å². The number of nitrogens with one attached hydrogen (secondary N) is 3.